The summed E-state index contributed by atoms with van der Waals surface area (Å²) in [4.78, 5) is 10.5. The van der Waals surface area contributed by atoms with E-state index in [2.05, 4.69) is 6.92 Å². The molecule has 0 radical (unpaired) electrons. The fourth-order valence-corrected chi connectivity index (χ4v) is 3.49. The molecule has 0 aliphatic carbocycles. The third-order valence-electron chi connectivity index (χ3n) is 3.19. The third kappa shape index (κ3) is 13.6. The van der Waals surface area contributed by atoms with Crippen LogP contribution < -0.4 is 5.73 Å². The maximum Gasteiger partial charge on any atom is 0.217 e. The van der Waals surface area contributed by atoms with Crippen molar-refractivity contribution in [3.63, 3.8) is 0 Å². The summed E-state index contributed by atoms with van der Waals surface area (Å²) < 4.78 is 23.3. The third-order valence-corrected chi connectivity index (χ3v) is 5.01. The summed E-state index contributed by atoms with van der Waals surface area (Å²) in [6.45, 7) is 2.07. The lowest BCUT2D eigenvalue weighted by Gasteiger charge is -2.04. The van der Waals surface area contributed by atoms with Crippen molar-refractivity contribution in [2.75, 3.05) is 11.5 Å². The van der Waals surface area contributed by atoms with Gasteiger partial charge in [-0.15, -0.1) is 0 Å². The minimum Gasteiger partial charge on any atom is -0.370 e. The van der Waals surface area contributed by atoms with Gasteiger partial charge < -0.3 is 5.73 Å². The summed E-state index contributed by atoms with van der Waals surface area (Å²) in [5, 5.41) is 0. The molecule has 0 aliphatic rings. The van der Waals surface area contributed by atoms with Crippen molar-refractivity contribution in [1.82, 2.24) is 0 Å². The first-order chi connectivity index (χ1) is 8.98. The van der Waals surface area contributed by atoms with Crippen molar-refractivity contribution in [3.8, 4) is 0 Å². The molecule has 114 valence electrons. The van der Waals surface area contributed by atoms with Crippen LogP contribution in [0.5, 0.6) is 0 Å². The largest absolute Gasteiger partial charge is 0.370 e. The Labute approximate surface area is 118 Å². The number of hydrogen-bond acceptors (Lipinski definition) is 3. The Balaban J connectivity index is 3.40. The predicted octanol–water partition coefficient (Wildman–Crippen LogP) is 2.81. The Bertz CT molecular complexity index is 326. The molecule has 2 N–H and O–H groups in total. The van der Waals surface area contributed by atoms with Gasteiger partial charge in [0.1, 0.15) is 9.84 Å². The Morgan fingerprint density at radius 3 is 1.84 bits per heavy atom. The van der Waals surface area contributed by atoms with Gasteiger partial charge in [0, 0.05) is 6.42 Å². The summed E-state index contributed by atoms with van der Waals surface area (Å²) >= 11 is 0. The molecule has 19 heavy (non-hydrogen) atoms. The number of nitrogens with two attached hydrogens (primary N) is 1. The Hall–Kier alpha value is -0.580. The molecule has 4 nitrogen and oxygen atoms in total. The number of carbonyl (C=O) groups excluding carboxylic acids is 1. The summed E-state index contributed by atoms with van der Waals surface area (Å²) in [5.74, 6) is 0.440. The van der Waals surface area contributed by atoms with E-state index in [1.165, 1.54) is 0 Å². The normalized spacial score (nSPS) is 11.6. The maximum atomic E-state index is 11.7. The SMILES string of the molecule is CCCCCS(=O)(=O)CCCCCCCCC(N)=O. The molecular formula is C14H29NO3S. The first kappa shape index (κ1) is 18.4. The van der Waals surface area contributed by atoms with Crippen LogP contribution in [0.2, 0.25) is 0 Å². The van der Waals surface area contributed by atoms with E-state index in [0.717, 1.165) is 57.8 Å². The Morgan fingerprint density at radius 1 is 0.842 bits per heavy atom. The molecule has 0 rings (SSSR count). The number of primary amides is 1. The van der Waals surface area contributed by atoms with Gasteiger partial charge in [-0.1, -0.05) is 45.4 Å². The number of amides is 1. The zero-order chi connectivity index (χ0) is 14.6. The number of carbonyl (C=O) groups is 1. The van der Waals surface area contributed by atoms with Crippen LogP contribution >= 0.6 is 0 Å². The standard InChI is InChI=1S/C14H29NO3S/c1-2-3-9-12-19(17,18)13-10-7-5-4-6-8-11-14(15)16/h2-13H2,1H3,(H2,15,16). The first-order valence-corrected chi connectivity index (χ1v) is 9.29. The molecule has 1 amide bonds. The van der Waals surface area contributed by atoms with Gasteiger partial charge in [0.15, 0.2) is 0 Å². The lowest BCUT2D eigenvalue weighted by atomic mass is 10.1. The topological polar surface area (TPSA) is 77.2 Å². The van der Waals surface area contributed by atoms with Gasteiger partial charge in [0.25, 0.3) is 0 Å². The molecule has 0 spiro atoms. The average molecular weight is 291 g/mol. The Morgan fingerprint density at radius 2 is 1.32 bits per heavy atom. The molecule has 0 unspecified atom stereocenters. The molecule has 5 heteroatoms. The number of unbranched alkanes of at least 4 members (excludes halogenated alkanes) is 7. The molecule has 0 fully saturated rings. The van der Waals surface area contributed by atoms with Gasteiger partial charge in [-0.3, -0.25) is 4.79 Å². The van der Waals surface area contributed by atoms with Crippen molar-refractivity contribution >= 4 is 15.7 Å². The highest BCUT2D eigenvalue weighted by Crippen LogP contribution is 2.09. The van der Waals surface area contributed by atoms with E-state index in [-0.39, 0.29) is 5.91 Å². The van der Waals surface area contributed by atoms with E-state index < -0.39 is 9.84 Å². The van der Waals surface area contributed by atoms with E-state index in [0.29, 0.717) is 17.9 Å². The van der Waals surface area contributed by atoms with E-state index in [1.54, 1.807) is 0 Å². The average Bonchev–Trinajstić information content (AvgIpc) is 2.32. The first-order valence-electron chi connectivity index (χ1n) is 7.46. The van der Waals surface area contributed by atoms with Crippen molar-refractivity contribution in [1.29, 1.82) is 0 Å². The van der Waals surface area contributed by atoms with E-state index >= 15 is 0 Å². The lowest BCUT2D eigenvalue weighted by Crippen LogP contribution is -2.11. The molecule has 0 atom stereocenters. The van der Waals surface area contributed by atoms with Gasteiger partial charge >= 0.3 is 0 Å². The second kappa shape index (κ2) is 11.3. The summed E-state index contributed by atoms with van der Waals surface area (Å²) in [6.07, 6.45) is 9.01. The van der Waals surface area contributed by atoms with Crippen LogP contribution in [0.1, 0.15) is 71.1 Å². The predicted molar refractivity (Wildman–Crippen MR) is 79.7 cm³/mol. The second-order valence-corrected chi connectivity index (χ2v) is 7.50. The molecular weight excluding hydrogens is 262 g/mol. The number of rotatable bonds is 13. The molecule has 0 aromatic heterocycles. The smallest absolute Gasteiger partial charge is 0.217 e. The van der Waals surface area contributed by atoms with Crippen LogP contribution in [0.3, 0.4) is 0 Å². The van der Waals surface area contributed by atoms with Crippen LogP contribution in [0.25, 0.3) is 0 Å². The number of sulfone groups is 1. The molecule has 0 saturated carbocycles. The maximum absolute atomic E-state index is 11.7. The molecule has 0 aromatic rings. The van der Waals surface area contributed by atoms with Crippen LogP contribution in [-0.4, -0.2) is 25.8 Å². The van der Waals surface area contributed by atoms with Gasteiger partial charge in [-0.2, -0.15) is 0 Å². The monoisotopic (exact) mass is 291 g/mol. The van der Waals surface area contributed by atoms with Crippen molar-refractivity contribution < 1.29 is 13.2 Å². The van der Waals surface area contributed by atoms with Gasteiger partial charge in [-0.05, 0) is 19.3 Å². The fraction of sp³-hybridized carbons (Fsp3) is 0.929. The fourth-order valence-electron chi connectivity index (χ4n) is 2.00. The highest BCUT2D eigenvalue weighted by molar-refractivity contribution is 7.91. The zero-order valence-corrected chi connectivity index (χ0v) is 13.0. The van der Waals surface area contributed by atoms with Crippen molar-refractivity contribution in [3.05, 3.63) is 0 Å². The van der Waals surface area contributed by atoms with Gasteiger partial charge in [0.05, 0.1) is 11.5 Å². The molecule has 0 saturated heterocycles. The minimum absolute atomic E-state index is 0.238. The summed E-state index contributed by atoms with van der Waals surface area (Å²) in [7, 11) is -2.82. The van der Waals surface area contributed by atoms with E-state index in [4.69, 9.17) is 5.73 Å². The van der Waals surface area contributed by atoms with Crippen molar-refractivity contribution in [2.24, 2.45) is 5.73 Å². The van der Waals surface area contributed by atoms with Crippen LogP contribution in [0.15, 0.2) is 0 Å². The minimum atomic E-state index is -2.82. The molecule has 0 aliphatic heterocycles. The quantitative estimate of drug-likeness (QED) is 0.530. The van der Waals surface area contributed by atoms with Crippen LogP contribution in [0.4, 0.5) is 0 Å². The Kier molecular flexibility index (Phi) is 10.9. The van der Waals surface area contributed by atoms with Crippen LogP contribution in [0, 0.1) is 0 Å². The molecule has 0 bridgehead atoms. The van der Waals surface area contributed by atoms with Crippen molar-refractivity contribution in [2.45, 2.75) is 71.1 Å². The highest BCUT2D eigenvalue weighted by atomic mass is 32.2. The second-order valence-electron chi connectivity index (χ2n) is 5.20. The van der Waals surface area contributed by atoms with Crippen LogP contribution in [-0.2, 0) is 14.6 Å². The van der Waals surface area contributed by atoms with Gasteiger partial charge in [-0.25, -0.2) is 8.42 Å². The van der Waals surface area contributed by atoms with E-state index in [9.17, 15) is 13.2 Å². The lowest BCUT2D eigenvalue weighted by molar-refractivity contribution is -0.118. The molecule has 0 aromatic carbocycles. The summed E-state index contributed by atoms with van der Waals surface area (Å²) in [5.41, 5.74) is 5.05. The zero-order valence-electron chi connectivity index (χ0n) is 12.2. The molecule has 0 heterocycles. The number of hydrogen-bond donors (Lipinski definition) is 1. The van der Waals surface area contributed by atoms with E-state index in [1.807, 2.05) is 0 Å². The highest BCUT2D eigenvalue weighted by Gasteiger charge is 2.09. The van der Waals surface area contributed by atoms with Gasteiger partial charge in [0.2, 0.25) is 5.91 Å². The summed E-state index contributed by atoms with van der Waals surface area (Å²) in [6, 6.07) is 0.